The van der Waals surface area contributed by atoms with Crippen LogP contribution in [-0.2, 0) is 0 Å². The Hall–Kier alpha value is -0.890. The summed E-state index contributed by atoms with van der Waals surface area (Å²) in [6, 6.07) is 4.32. The van der Waals surface area contributed by atoms with E-state index in [4.69, 9.17) is 0 Å². The number of thiazole rings is 1. The zero-order valence-corrected chi connectivity index (χ0v) is 7.40. The van der Waals surface area contributed by atoms with Crippen LogP contribution in [0.5, 0.6) is 0 Å². The van der Waals surface area contributed by atoms with Crippen LogP contribution < -0.4 is 0 Å². The highest BCUT2D eigenvalue weighted by molar-refractivity contribution is 7.16. The molecule has 2 aromatic rings. The Kier molecular flexibility index (Phi) is 1.43. The lowest BCUT2D eigenvalue weighted by Gasteiger charge is -1.95. The van der Waals surface area contributed by atoms with Gasteiger partial charge in [0, 0.05) is 0 Å². The topological polar surface area (TPSA) is 12.9 Å². The number of hydrogen-bond acceptors (Lipinski definition) is 2. The third kappa shape index (κ3) is 1.03. The molecule has 0 radical (unpaired) electrons. The van der Waals surface area contributed by atoms with Crippen LogP contribution in [0.25, 0.3) is 10.2 Å². The van der Waals surface area contributed by atoms with Crippen molar-refractivity contribution in [1.82, 2.24) is 4.98 Å². The van der Waals surface area contributed by atoms with Crippen molar-refractivity contribution < 1.29 is 0 Å². The molecule has 11 heavy (non-hydrogen) atoms. The largest absolute Gasteiger partial charge is 0.245 e. The summed E-state index contributed by atoms with van der Waals surface area (Å²) < 4.78 is 1.32. The molecular weight excluding hydrogens is 154 g/mol. The van der Waals surface area contributed by atoms with E-state index >= 15 is 0 Å². The lowest BCUT2D eigenvalue weighted by atomic mass is 10.1. The normalized spacial score (nSPS) is 10.7. The molecule has 0 atom stereocenters. The maximum absolute atomic E-state index is 4.26. The summed E-state index contributed by atoms with van der Waals surface area (Å²) in [6.07, 6.45) is 0. The number of fused-ring (bicyclic) bond motifs is 1. The molecule has 0 fully saturated rings. The summed E-state index contributed by atoms with van der Waals surface area (Å²) >= 11 is 1.71. The van der Waals surface area contributed by atoms with E-state index in [9.17, 15) is 0 Å². The quantitative estimate of drug-likeness (QED) is 0.582. The van der Waals surface area contributed by atoms with Gasteiger partial charge in [-0.1, -0.05) is 6.07 Å². The molecule has 1 nitrogen and oxygen atoms in total. The lowest BCUT2D eigenvalue weighted by molar-refractivity contribution is 1.41. The van der Waals surface area contributed by atoms with Crippen LogP contribution in [0.15, 0.2) is 17.6 Å². The molecule has 0 aliphatic carbocycles. The summed E-state index contributed by atoms with van der Waals surface area (Å²) in [5.74, 6) is 0. The molecule has 2 rings (SSSR count). The highest BCUT2D eigenvalue weighted by Crippen LogP contribution is 2.22. The Bertz CT molecular complexity index is 389. The van der Waals surface area contributed by atoms with Crippen molar-refractivity contribution in [1.29, 1.82) is 0 Å². The molecule has 0 aliphatic heterocycles. The van der Waals surface area contributed by atoms with Crippen molar-refractivity contribution in [3.05, 3.63) is 28.8 Å². The van der Waals surface area contributed by atoms with Crippen LogP contribution in [0.4, 0.5) is 0 Å². The van der Waals surface area contributed by atoms with E-state index < -0.39 is 0 Å². The summed E-state index contributed by atoms with van der Waals surface area (Å²) in [5, 5.41) is 0. The Morgan fingerprint density at radius 2 is 2.09 bits per heavy atom. The van der Waals surface area contributed by atoms with Crippen molar-refractivity contribution in [2.45, 2.75) is 13.8 Å². The fourth-order valence-electron chi connectivity index (χ4n) is 1.32. The van der Waals surface area contributed by atoms with Crippen LogP contribution in [0.1, 0.15) is 11.1 Å². The molecule has 0 amide bonds. The van der Waals surface area contributed by atoms with Gasteiger partial charge in [-0.2, -0.15) is 0 Å². The van der Waals surface area contributed by atoms with Gasteiger partial charge in [-0.3, -0.25) is 0 Å². The molecule has 0 saturated heterocycles. The molecule has 0 bridgehead atoms. The minimum absolute atomic E-state index is 1.13. The van der Waals surface area contributed by atoms with Crippen molar-refractivity contribution in [2.24, 2.45) is 0 Å². The first-order chi connectivity index (χ1) is 5.27. The molecule has 2 heteroatoms. The number of rotatable bonds is 0. The molecule has 0 N–H and O–H groups in total. The zero-order chi connectivity index (χ0) is 7.84. The summed E-state index contributed by atoms with van der Waals surface area (Å²) in [4.78, 5) is 4.26. The van der Waals surface area contributed by atoms with Gasteiger partial charge in [0.25, 0.3) is 0 Å². The third-order valence-corrected chi connectivity index (χ3v) is 2.74. The molecule has 0 aliphatic rings. The van der Waals surface area contributed by atoms with Gasteiger partial charge in [-0.25, -0.2) is 4.98 Å². The van der Waals surface area contributed by atoms with Crippen molar-refractivity contribution >= 4 is 21.6 Å². The van der Waals surface area contributed by atoms with Gasteiger partial charge < -0.3 is 0 Å². The second-order valence-corrected chi connectivity index (χ2v) is 3.64. The minimum Gasteiger partial charge on any atom is -0.245 e. The van der Waals surface area contributed by atoms with Gasteiger partial charge in [-0.05, 0) is 31.0 Å². The van der Waals surface area contributed by atoms with Gasteiger partial charge in [-0.15, -0.1) is 11.3 Å². The standard InChI is InChI=1S/C9H9NS/c1-6-3-7(2)9-8(4-6)10-5-11-9/h3-5H,1-2H3. The maximum Gasteiger partial charge on any atom is 0.0817 e. The van der Waals surface area contributed by atoms with Gasteiger partial charge in [0.1, 0.15) is 0 Å². The summed E-state index contributed by atoms with van der Waals surface area (Å²) in [6.45, 7) is 4.24. The molecule has 0 spiro atoms. The highest BCUT2D eigenvalue weighted by atomic mass is 32.1. The molecule has 1 aromatic carbocycles. The van der Waals surface area contributed by atoms with Crippen molar-refractivity contribution in [2.75, 3.05) is 0 Å². The van der Waals surface area contributed by atoms with Crippen LogP contribution in [0.2, 0.25) is 0 Å². The average molecular weight is 163 g/mol. The second kappa shape index (κ2) is 2.31. The van der Waals surface area contributed by atoms with Gasteiger partial charge >= 0.3 is 0 Å². The SMILES string of the molecule is Cc1cc(C)c2scnc2c1. The van der Waals surface area contributed by atoms with E-state index in [1.807, 2.05) is 5.51 Å². The van der Waals surface area contributed by atoms with Crippen LogP contribution in [-0.4, -0.2) is 4.98 Å². The van der Waals surface area contributed by atoms with Crippen LogP contribution >= 0.6 is 11.3 Å². The molecule has 0 saturated carbocycles. The van der Waals surface area contributed by atoms with Gasteiger partial charge in [0.2, 0.25) is 0 Å². The number of benzene rings is 1. The summed E-state index contributed by atoms with van der Waals surface area (Å²) in [7, 11) is 0. The van der Waals surface area contributed by atoms with Gasteiger partial charge in [0.05, 0.1) is 15.7 Å². The fraction of sp³-hybridized carbons (Fsp3) is 0.222. The minimum atomic E-state index is 1.13. The maximum atomic E-state index is 4.26. The zero-order valence-electron chi connectivity index (χ0n) is 6.59. The number of hydrogen-bond donors (Lipinski definition) is 0. The van der Waals surface area contributed by atoms with E-state index in [-0.39, 0.29) is 0 Å². The molecular formula is C9H9NS. The van der Waals surface area contributed by atoms with E-state index in [1.54, 1.807) is 11.3 Å². The third-order valence-electron chi connectivity index (χ3n) is 1.76. The first-order valence-electron chi connectivity index (χ1n) is 3.58. The Labute approximate surface area is 69.7 Å². The first-order valence-corrected chi connectivity index (χ1v) is 4.46. The predicted molar refractivity (Wildman–Crippen MR) is 49.1 cm³/mol. The molecule has 1 heterocycles. The Morgan fingerprint density at radius 3 is 2.91 bits per heavy atom. The second-order valence-electron chi connectivity index (χ2n) is 2.78. The highest BCUT2D eigenvalue weighted by Gasteiger charge is 1.99. The predicted octanol–water partition coefficient (Wildman–Crippen LogP) is 2.91. The van der Waals surface area contributed by atoms with E-state index in [0.29, 0.717) is 0 Å². The van der Waals surface area contributed by atoms with Gasteiger partial charge in [0.15, 0.2) is 0 Å². The lowest BCUT2D eigenvalue weighted by Crippen LogP contribution is -1.76. The van der Waals surface area contributed by atoms with E-state index in [1.165, 1.54) is 15.8 Å². The van der Waals surface area contributed by atoms with E-state index in [0.717, 1.165) is 5.52 Å². The van der Waals surface area contributed by atoms with Crippen molar-refractivity contribution in [3.8, 4) is 0 Å². The van der Waals surface area contributed by atoms with Crippen LogP contribution in [0.3, 0.4) is 0 Å². The van der Waals surface area contributed by atoms with Crippen LogP contribution in [0, 0.1) is 13.8 Å². The first kappa shape index (κ1) is 6.80. The number of nitrogens with zero attached hydrogens (tertiary/aromatic N) is 1. The molecule has 56 valence electrons. The Balaban J connectivity index is 2.91. The number of aryl methyl sites for hydroxylation is 2. The monoisotopic (exact) mass is 163 g/mol. The smallest absolute Gasteiger partial charge is 0.0817 e. The fourth-order valence-corrected chi connectivity index (χ4v) is 2.07. The van der Waals surface area contributed by atoms with Crippen molar-refractivity contribution in [3.63, 3.8) is 0 Å². The Morgan fingerprint density at radius 1 is 1.27 bits per heavy atom. The number of aromatic nitrogens is 1. The molecule has 1 aromatic heterocycles. The summed E-state index contributed by atoms with van der Waals surface area (Å²) in [5.41, 5.74) is 5.66. The average Bonchev–Trinajstić information content (AvgIpc) is 2.34. The molecule has 0 unspecified atom stereocenters. The van der Waals surface area contributed by atoms with E-state index in [2.05, 4.69) is 31.0 Å².